The molecule has 0 bridgehead atoms. The Morgan fingerprint density at radius 2 is 2.09 bits per heavy atom. The van der Waals surface area contributed by atoms with Gasteiger partial charge in [0.05, 0.1) is 28.8 Å². The minimum atomic E-state index is -0.379. The van der Waals surface area contributed by atoms with Crippen LogP contribution < -0.4 is 4.90 Å². The fraction of sp³-hybridized carbons (Fsp3) is 0.625. The Morgan fingerprint density at radius 3 is 2.78 bits per heavy atom. The van der Waals surface area contributed by atoms with Gasteiger partial charge in [-0.15, -0.1) is 0 Å². The molecule has 0 N–H and O–H groups in total. The lowest BCUT2D eigenvalue weighted by Gasteiger charge is -2.29. The van der Waals surface area contributed by atoms with Gasteiger partial charge in [0.1, 0.15) is 0 Å². The van der Waals surface area contributed by atoms with E-state index in [-0.39, 0.29) is 10.6 Å². The highest BCUT2D eigenvalue weighted by Crippen LogP contribution is 2.35. The molecule has 1 unspecified atom stereocenters. The summed E-state index contributed by atoms with van der Waals surface area (Å²) in [5, 5.41) is 11.5. The van der Waals surface area contributed by atoms with Crippen molar-refractivity contribution in [3.8, 4) is 0 Å². The number of nitrogens with zero attached hydrogens (tertiary/aromatic N) is 3. The van der Waals surface area contributed by atoms with Crippen LogP contribution in [-0.4, -0.2) is 55.8 Å². The normalized spacial score (nSPS) is 22.5. The van der Waals surface area contributed by atoms with Gasteiger partial charge < -0.3 is 9.64 Å². The third kappa shape index (κ3) is 3.76. The molecule has 1 aromatic rings. The van der Waals surface area contributed by atoms with E-state index in [4.69, 9.17) is 16.3 Å². The molecule has 23 heavy (non-hydrogen) atoms. The molecule has 1 atom stereocenters. The van der Waals surface area contributed by atoms with E-state index in [1.165, 1.54) is 6.07 Å². The number of rotatable bonds is 4. The Morgan fingerprint density at radius 1 is 1.35 bits per heavy atom. The minimum absolute atomic E-state index is 0.0859. The first-order valence-electron chi connectivity index (χ1n) is 8.04. The maximum atomic E-state index is 11.0. The van der Waals surface area contributed by atoms with E-state index >= 15 is 0 Å². The number of morpholine rings is 1. The second kappa shape index (κ2) is 7.03. The van der Waals surface area contributed by atoms with E-state index in [0.29, 0.717) is 16.5 Å². The van der Waals surface area contributed by atoms with Gasteiger partial charge in [0.2, 0.25) is 0 Å². The fourth-order valence-electron chi connectivity index (χ4n) is 3.44. The van der Waals surface area contributed by atoms with Crippen molar-refractivity contribution in [2.45, 2.75) is 13.3 Å². The minimum Gasteiger partial charge on any atom is -0.379 e. The molecule has 7 heteroatoms. The van der Waals surface area contributed by atoms with Crippen molar-refractivity contribution in [3.63, 3.8) is 0 Å². The van der Waals surface area contributed by atoms with Gasteiger partial charge in [-0.3, -0.25) is 15.0 Å². The summed E-state index contributed by atoms with van der Waals surface area (Å²) in [5.74, 6) is 0.611. The smallest absolute Gasteiger partial charge is 0.273 e. The Kier molecular flexibility index (Phi) is 5.04. The van der Waals surface area contributed by atoms with E-state index in [0.717, 1.165) is 58.0 Å². The van der Waals surface area contributed by atoms with Crippen LogP contribution in [0.1, 0.15) is 12.0 Å². The average molecular weight is 340 g/mol. The van der Waals surface area contributed by atoms with Crippen molar-refractivity contribution in [2.75, 3.05) is 50.8 Å². The van der Waals surface area contributed by atoms with Gasteiger partial charge >= 0.3 is 0 Å². The van der Waals surface area contributed by atoms with Crippen molar-refractivity contribution in [1.82, 2.24) is 4.90 Å². The van der Waals surface area contributed by atoms with Crippen LogP contribution in [0.5, 0.6) is 0 Å². The molecule has 126 valence electrons. The van der Waals surface area contributed by atoms with Crippen LogP contribution in [0.3, 0.4) is 0 Å². The van der Waals surface area contributed by atoms with Gasteiger partial charge in [0.15, 0.2) is 0 Å². The van der Waals surface area contributed by atoms with E-state index in [1.807, 2.05) is 6.07 Å². The number of hydrogen-bond acceptors (Lipinski definition) is 5. The number of anilines is 1. The van der Waals surface area contributed by atoms with E-state index < -0.39 is 0 Å². The first-order valence-corrected chi connectivity index (χ1v) is 8.42. The number of nitro benzene ring substituents is 1. The summed E-state index contributed by atoms with van der Waals surface area (Å²) < 4.78 is 5.39. The Hall–Kier alpha value is -1.37. The molecule has 0 amide bonds. The lowest BCUT2D eigenvalue weighted by atomic mass is 10.1. The molecule has 0 saturated carbocycles. The van der Waals surface area contributed by atoms with Crippen molar-refractivity contribution < 1.29 is 9.66 Å². The molecule has 0 radical (unpaired) electrons. The first kappa shape index (κ1) is 16.5. The highest BCUT2D eigenvalue weighted by molar-refractivity contribution is 6.33. The van der Waals surface area contributed by atoms with Crippen LogP contribution in [-0.2, 0) is 4.74 Å². The third-order valence-corrected chi connectivity index (χ3v) is 5.01. The SMILES string of the molecule is Cc1cc(N2CCC(CN3CCOCC3)C2)c(Cl)cc1[N+](=O)[O-]. The summed E-state index contributed by atoms with van der Waals surface area (Å²) >= 11 is 6.29. The average Bonchev–Trinajstić information content (AvgIpc) is 2.98. The lowest BCUT2D eigenvalue weighted by Crippen LogP contribution is -2.39. The van der Waals surface area contributed by atoms with Gasteiger partial charge in [-0.05, 0) is 25.3 Å². The first-order chi connectivity index (χ1) is 11.0. The molecular formula is C16H22ClN3O3. The second-order valence-electron chi connectivity index (χ2n) is 6.36. The second-order valence-corrected chi connectivity index (χ2v) is 6.77. The van der Waals surface area contributed by atoms with Gasteiger partial charge in [-0.2, -0.15) is 0 Å². The molecule has 2 saturated heterocycles. The Balaban J connectivity index is 1.66. The molecular weight excluding hydrogens is 318 g/mol. The van der Waals surface area contributed by atoms with E-state index in [2.05, 4.69) is 9.80 Å². The molecule has 0 aromatic heterocycles. The zero-order chi connectivity index (χ0) is 16.4. The number of nitro groups is 1. The maximum absolute atomic E-state index is 11.0. The van der Waals surface area contributed by atoms with Crippen LogP contribution in [0, 0.1) is 23.0 Å². The summed E-state index contributed by atoms with van der Waals surface area (Å²) in [6.45, 7) is 8.42. The van der Waals surface area contributed by atoms with Crippen molar-refractivity contribution in [3.05, 3.63) is 32.8 Å². The number of ether oxygens (including phenoxy) is 1. The molecule has 2 heterocycles. The van der Waals surface area contributed by atoms with Crippen molar-refractivity contribution in [1.29, 1.82) is 0 Å². The van der Waals surface area contributed by atoms with Gasteiger partial charge in [0.25, 0.3) is 5.69 Å². The monoisotopic (exact) mass is 339 g/mol. The van der Waals surface area contributed by atoms with Gasteiger partial charge in [-0.25, -0.2) is 0 Å². The van der Waals surface area contributed by atoms with Gasteiger partial charge in [-0.1, -0.05) is 11.6 Å². The van der Waals surface area contributed by atoms with Crippen LogP contribution in [0.2, 0.25) is 5.02 Å². The fourth-order valence-corrected chi connectivity index (χ4v) is 3.72. The molecule has 0 aliphatic carbocycles. The standard InChI is InChI=1S/C16H22ClN3O3/c1-12-8-16(14(17)9-15(12)20(21)22)19-3-2-13(11-19)10-18-4-6-23-7-5-18/h8-9,13H,2-7,10-11H2,1H3. The molecule has 3 rings (SSSR count). The molecule has 0 spiro atoms. The molecule has 2 fully saturated rings. The number of aryl methyl sites for hydroxylation is 1. The number of halogens is 1. The van der Waals surface area contributed by atoms with Crippen LogP contribution in [0.25, 0.3) is 0 Å². The summed E-state index contributed by atoms with van der Waals surface area (Å²) in [7, 11) is 0. The number of hydrogen-bond donors (Lipinski definition) is 0. The predicted molar refractivity (Wildman–Crippen MR) is 90.4 cm³/mol. The lowest BCUT2D eigenvalue weighted by molar-refractivity contribution is -0.385. The third-order valence-electron chi connectivity index (χ3n) is 4.71. The zero-order valence-electron chi connectivity index (χ0n) is 13.3. The van der Waals surface area contributed by atoms with E-state index in [9.17, 15) is 10.1 Å². The van der Waals surface area contributed by atoms with Crippen molar-refractivity contribution >= 4 is 23.0 Å². The van der Waals surface area contributed by atoms with Crippen LogP contribution in [0.15, 0.2) is 12.1 Å². The molecule has 2 aliphatic rings. The summed E-state index contributed by atoms with van der Waals surface area (Å²) in [6, 6.07) is 3.32. The Labute approximate surface area is 141 Å². The highest BCUT2D eigenvalue weighted by atomic mass is 35.5. The number of benzene rings is 1. The maximum Gasteiger partial charge on any atom is 0.273 e. The van der Waals surface area contributed by atoms with Crippen LogP contribution >= 0.6 is 11.6 Å². The molecule has 6 nitrogen and oxygen atoms in total. The molecule has 1 aromatic carbocycles. The van der Waals surface area contributed by atoms with E-state index in [1.54, 1.807) is 6.92 Å². The zero-order valence-corrected chi connectivity index (χ0v) is 14.1. The highest BCUT2D eigenvalue weighted by Gasteiger charge is 2.27. The quantitative estimate of drug-likeness (QED) is 0.623. The van der Waals surface area contributed by atoms with Crippen LogP contribution in [0.4, 0.5) is 11.4 Å². The van der Waals surface area contributed by atoms with Gasteiger partial charge in [0, 0.05) is 44.4 Å². The molecule has 2 aliphatic heterocycles. The Bertz CT molecular complexity index is 590. The van der Waals surface area contributed by atoms with Crippen molar-refractivity contribution in [2.24, 2.45) is 5.92 Å². The topological polar surface area (TPSA) is 58.8 Å². The summed E-state index contributed by atoms with van der Waals surface area (Å²) in [4.78, 5) is 15.3. The predicted octanol–water partition coefficient (Wildman–Crippen LogP) is 2.72. The largest absolute Gasteiger partial charge is 0.379 e. The summed E-state index contributed by atoms with van der Waals surface area (Å²) in [6.07, 6.45) is 1.13. The summed E-state index contributed by atoms with van der Waals surface area (Å²) in [5.41, 5.74) is 1.66.